The SMILES string of the molecule is COc1ccc(CC(=O)C2CCCC(C)C2)cn1. The summed E-state index contributed by atoms with van der Waals surface area (Å²) in [5.74, 6) is 1.92. The summed E-state index contributed by atoms with van der Waals surface area (Å²) < 4.78 is 5.01. The highest BCUT2D eigenvalue weighted by Crippen LogP contribution is 2.29. The summed E-state index contributed by atoms with van der Waals surface area (Å²) in [4.78, 5) is 16.3. The normalized spacial score (nSPS) is 23.7. The lowest BCUT2D eigenvalue weighted by Crippen LogP contribution is -2.23. The van der Waals surface area contributed by atoms with Crippen molar-refractivity contribution in [3.05, 3.63) is 23.9 Å². The first-order valence-electron chi connectivity index (χ1n) is 6.70. The van der Waals surface area contributed by atoms with E-state index in [2.05, 4.69) is 11.9 Å². The molecule has 98 valence electrons. The molecule has 0 N–H and O–H groups in total. The van der Waals surface area contributed by atoms with Crippen LogP contribution in [0.2, 0.25) is 0 Å². The van der Waals surface area contributed by atoms with Crippen LogP contribution in [0.15, 0.2) is 18.3 Å². The molecule has 18 heavy (non-hydrogen) atoms. The number of carbonyl (C=O) groups excluding carboxylic acids is 1. The molecule has 0 aromatic carbocycles. The van der Waals surface area contributed by atoms with Gasteiger partial charge in [0.15, 0.2) is 0 Å². The maximum Gasteiger partial charge on any atom is 0.212 e. The van der Waals surface area contributed by atoms with Gasteiger partial charge in [-0.1, -0.05) is 25.8 Å². The molecule has 1 aliphatic carbocycles. The zero-order valence-electron chi connectivity index (χ0n) is 11.2. The number of hydrogen-bond donors (Lipinski definition) is 0. The zero-order valence-corrected chi connectivity index (χ0v) is 11.2. The van der Waals surface area contributed by atoms with E-state index in [9.17, 15) is 4.79 Å². The number of methoxy groups -OCH3 is 1. The Morgan fingerprint density at radius 1 is 1.44 bits per heavy atom. The molecule has 1 aromatic rings. The quantitative estimate of drug-likeness (QED) is 0.821. The van der Waals surface area contributed by atoms with Crippen LogP contribution >= 0.6 is 0 Å². The molecule has 0 saturated heterocycles. The molecule has 1 saturated carbocycles. The second kappa shape index (κ2) is 5.98. The lowest BCUT2D eigenvalue weighted by Gasteiger charge is -2.25. The molecule has 0 aliphatic heterocycles. The third kappa shape index (κ3) is 3.31. The highest BCUT2D eigenvalue weighted by molar-refractivity contribution is 5.83. The standard InChI is InChI=1S/C15H21NO2/c1-11-4-3-5-13(8-11)14(17)9-12-6-7-15(18-2)16-10-12/h6-7,10-11,13H,3-5,8-9H2,1-2H3. The predicted molar refractivity (Wildman–Crippen MR) is 70.6 cm³/mol. The van der Waals surface area contributed by atoms with E-state index >= 15 is 0 Å². The number of carbonyl (C=O) groups is 1. The number of aromatic nitrogens is 1. The lowest BCUT2D eigenvalue weighted by atomic mass is 9.79. The van der Waals surface area contributed by atoms with E-state index < -0.39 is 0 Å². The van der Waals surface area contributed by atoms with E-state index in [1.807, 2.05) is 12.1 Å². The Morgan fingerprint density at radius 3 is 2.89 bits per heavy atom. The fourth-order valence-corrected chi connectivity index (χ4v) is 2.71. The first kappa shape index (κ1) is 13.1. The Labute approximate surface area is 109 Å². The zero-order chi connectivity index (χ0) is 13.0. The van der Waals surface area contributed by atoms with Crippen molar-refractivity contribution in [3.63, 3.8) is 0 Å². The van der Waals surface area contributed by atoms with Crippen molar-refractivity contribution < 1.29 is 9.53 Å². The number of rotatable bonds is 4. The molecule has 0 bridgehead atoms. The summed E-state index contributed by atoms with van der Waals surface area (Å²) in [6, 6.07) is 3.74. The maximum atomic E-state index is 12.2. The molecule has 2 rings (SSSR count). The average Bonchev–Trinajstić information content (AvgIpc) is 2.39. The molecule has 1 aromatic heterocycles. The summed E-state index contributed by atoms with van der Waals surface area (Å²) in [7, 11) is 1.59. The topological polar surface area (TPSA) is 39.2 Å². The number of ether oxygens (including phenoxy) is 1. The number of ketones is 1. The smallest absolute Gasteiger partial charge is 0.212 e. The number of hydrogen-bond acceptors (Lipinski definition) is 3. The van der Waals surface area contributed by atoms with Crippen molar-refractivity contribution in [2.24, 2.45) is 11.8 Å². The van der Waals surface area contributed by atoms with E-state index in [-0.39, 0.29) is 5.92 Å². The molecule has 3 heteroatoms. The second-order valence-electron chi connectivity index (χ2n) is 5.32. The maximum absolute atomic E-state index is 12.2. The molecule has 0 amide bonds. The lowest BCUT2D eigenvalue weighted by molar-refractivity contribution is -0.123. The van der Waals surface area contributed by atoms with Crippen LogP contribution in [0.4, 0.5) is 0 Å². The number of Topliss-reactive ketones (excluding diaryl/α,β-unsaturated/α-hetero) is 1. The molecule has 1 aliphatic rings. The average molecular weight is 247 g/mol. The minimum atomic E-state index is 0.260. The third-order valence-corrected chi connectivity index (χ3v) is 3.78. The largest absolute Gasteiger partial charge is 0.481 e. The van der Waals surface area contributed by atoms with Crippen molar-refractivity contribution >= 4 is 5.78 Å². The Hall–Kier alpha value is -1.38. The van der Waals surface area contributed by atoms with Crippen molar-refractivity contribution in [1.29, 1.82) is 0 Å². The summed E-state index contributed by atoms with van der Waals surface area (Å²) in [6.45, 7) is 2.24. The van der Waals surface area contributed by atoms with Gasteiger partial charge < -0.3 is 4.74 Å². The van der Waals surface area contributed by atoms with Crippen LogP contribution < -0.4 is 4.74 Å². The Bertz CT molecular complexity index is 399. The summed E-state index contributed by atoms with van der Waals surface area (Å²) in [5.41, 5.74) is 0.985. The van der Waals surface area contributed by atoms with Crippen molar-refractivity contribution in [2.45, 2.75) is 39.0 Å². The highest BCUT2D eigenvalue weighted by atomic mass is 16.5. The molecule has 3 nitrogen and oxygen atoms in total. The number of nitrogens with zero attached hydrogens (tertiary/aromatic N) is 1. The predicted octanol–water partition coefficient (Wildman–Crippen LogP) is 3.03. The minimum Gasteiger partial charge on any atom is -0.481 e. The molecule has 0 spiro atoms. The Kier molecular flexibility index (Phi) is 4.34. The van der Waals surface area contributed by atoms with Crippen LogP contribution in [0.5, 0.6) is 5.88 Å². The molecule has 1 fully saturated rings. The van der Waals surface area contributed by atoms with Crippen LogP contribution in [0.25, 0.3) is 0 Å². The van der Waals surface area contributed by atoms with E-state index in [4.69, 9.17) is 4.74 Å². The van der Waals surface area contributed by atoms with Crippen LogP contribution in [-0.4, -0.2) is 17.9 Å². The van der Waals surface area contributed by atoms with Crippen molar-refractivity contribution in [2.75, 3.05) is 7.11 Å². The highest BCUT2D eigenvalue weighted by Gasteiger charge is 2.24. The van der Waals surface area contributed by atoms with Gasteiger partial charge in [-0.05, 0) is 24.3 Å². The molecule has 0 radical (unpaired) electrons. The van der Waals surface area contributed by atoms with Crippen molar-refractivity contribution in [1.82, 2.24) is 4.98 Å². The molecule has 2 atom stereocenters. The van der Waals surface area contributed by atoms with Gasteiger partial charge in [0, 0.05) is 24.6 Å². The van der Waals surface area contributed by atoms with Crippen LogP contribution in [0.1, 0.15) is 38.2 Å². The van der Waals surface area contributed by atoms with Crippen LogP contribution in [0.3, 0.4) is 0 Å². The van der Waals surface area contributed by atoms with Gasteiger partial charge in [-0.25, -0.2) is 4.98 Å². The van der Waals surface area contributed by atoms with E-state index in [0.717, 1.165) is 18.4 Å². The molecule has 1 heterocycles. The first-order chi connectivity index (χ1) is 8.69. The second-order valence-corrected chi connectivity index (χ2v) is 5.32. The van der Waals surface area contributed by atoms with Gasteiger partial charge in [0.2, 0.25) is 5.88 Å². The summed E-state index contributed by atoms with van der Waals surface area (Å²) in [6.07, 6.45) is 6.83. The fraction of sp³-hybridized carbons (Fsp3) is 0.600. The van der Waals surface area contributed by atoms with Gasteiger partial charge >= 0.3 is 0 Å². The molecular formula is C15H21NO2. The molecular weight excluding hydrogens is 226 g/mol. The summed E-state index contributed by atoms with van der Waals surface area (Å²) >= 11 is 0. The number of pyridine rings is 1. The van der Waals surface area contributed by atoms with Crippen LogP contribution in [0, 0.1) is 11.8 Å². The van der Waals surface area contributed by atoms with E-state index in [0.29, 0.717) is 24.0 Å². The van der Waals surface area contributed by atoms with Gasteiger partial charge in [0.25, 0.3) is 0 Å². The van der Waals surface area contributed by atoms with Gasteiger partial charge in [0.05, 0.1) is 7.11 Å². The fourth-order valence-electron chi connectivity index (χ4n) is 2.71. The Morgan fingerprint density at radius 2 is 2.28 bits per heavy atom. The van der Waals surface area contributed by atoms with Gasteiger partial charge in [-0.15, -0.1) is 0 Å². The van der Waals surface area contributed by atoms with E-state index in [1.54, 1.807) is 13.3 Å². The minimum absolute atomic E-state index is 0.260. The first-order valence-corrected chi connectivity index (χ1v) is 6.70. The van der Waals surface area contributed by atoms with Gasteiger partial charge in [0.1, 0.15) is 5.78 Å². The Balaban J connectivity index is 1.93. The van der Waals surface area contributed by atoms with Gasteiger partial charge in [-0.2, -0.15) is 0 Å². The third-order valence-electron chi connectivity index (χ3n) is 3.78. The van der Waals surface area contributed by atoms with Crippen LogP contribution in [-0.2, 0) is 11.2 Å². The van der Waals surface area contributed by atoms with E-state index in [1.165, 1.54) is 12.8 Å². The van der Waals surface area contributed by atoms with Gasteiger partial charge in [-0.3, -0.25) is 4.79 Å². The summed E-state index contributed by atoms with van der Waals surface area (Å²) in [5, 5.41) is 0. The molecule has 2 unspecified atom stereocenters. The van der Waals surface area contributed by atoms with Crippen molar-refractivity contribution in [3.8, 4) is 5.88 Å². The monoisotopic (exact) mass is 247 g/mol.